The maximum absolute atomic E-state index is 11.6. The van der Waals surface area contributed by atoms with Gasteiger partial charge in [0.2, 0.25) is 0 Å². The van der Waals surface area contributed by atoms with Gasteiger partial charge in [0.25, 0.3) is 0 Å². The van der Waals surface area contributed by atoms with E-state index in [9.17, 15) is 9.59 Å². The van der Waals surface area contributed by atoms with Crippen LogP contribution in [0.1, 0.15) is 48.4 Å². The van der Waals surface area contributed by atoms with E-state index in [-0.39, 0.29) is 23.3 Å². The van der Waals surface area contributed by atoms with Crippen LogP contribution >= 0.6 is 0 Å². The van der Waals surface area contributed by atoms with E-state index >= 15 is 0 Å². The fraction of sp³-hybridized carbons (Fsp3) is 0.500. The maximum Gasteiger partial charge on any atom is 0.342 e. The minimum atomic E-state index is -0.593. The van der Waals surface area contributed by atoms with Crippen LogP contribution in [0.15, 0.2) is 16.9 Å². The lowest BCUT2D eigenvalue weighted by Gasteiger charge is -2.09. The summed E-state index contributed by atoms with van der Waals surface area (Å²) in [5.74, 6) is -1.19. The van der Waals surface area contributed by atoms with Gasteiger partial charge in [-0.25, -0.2) is 9.59 Å². The molecule has 5 heteroatoms. The van der Waals surface area contributed by atoms with Crippen LogP contribution in [0.5, 0.6) is 0 Å². The summed E-state index contributed by atoms with van der Waals surface area (Å²) in [6.07, 6.45) is 1.85. The number of hydrogen-bond donors (Lipinski definition) is 0. The smallest absolute Gasteiger partial charge is 0.342 e. The quantitative estimate of drug-likeness (QED) is 0.756. The van der Waals surface area contributed by atoms with Gasteiger partial charge in [-0.1, -0.05) is 0 Å². The summed E-state index contributed by atoms with van der Waals surface area (Å²) < 4.78 is 14.8. The normalized spacial score (nSPS) is 10.7. The largest absolute Gasteiger partial charge is 0.471 e. The molecule has 0 aromatic carbocycles. The Balaban J connectivity index is 2.85. The van der Waals surface area contributed by atoms with E-state index in [1.165, 1.54) is 12.5 Å². The second-order valence-corrected chi connectivity index (χ2v) is 4.11. The molecular weight excluding hydrogens is 224 g/mol. The monoisotopic (exact) mass is 240 g/mol. The number of hydrogen-bond acceptors (Lipinski definition) is 5. The van der Waals surface area contributed by atoms with Crippen LogP contribution in [0, 0.1) is 0 Å². The Bertz CT molecular complexity index is 366. The van der Waals surface area contributed by atoms with Gasteiger partial charge >= 0.3 is 11.9 Å². The van der Waals surface area contributed by atoms with Crippen molar-refractivity contribution >= 4 is 11.9 Å². The third-order valence-corrected chi connectivity index (χ3v) is 1.79. The van der Waals surface area contributed by atoms with E-state index in [1.807, 2.05) is 0 Å². The van der Waals surface area contributed by atoms with Gasteiger partial charge in [-0.2, -0.15) is 0 Å². The molecule has 0 saturated carbocycles. The van der Waals surface area contributed by atoms with Gasteiger partial charge in [0.05, 0.1) is 12.2 Å². The van der Waals surface area contributed by atoms with Crippen LogP contribution in [0.4, 0.5) is 0 Å². The zero-order valence-corrected chi connectivity index (χ0v) is 10.4. The number of esters is 2. The van der Waals surface area contributed by atoms with Gasteiger partial charge in [-0.3, -0.25) is 0 Å². The second-order valence-electron chi connectivity index (χ2n) is 4.11. The molecule has 0 amide bonds. The van der Waals surface area contributed by atoms with Crippen molar-refractivity contribution in [1.82, 2.24) is 0 Å². The predicted molar refractivity (Wildman–Crippen MR) is 59.8 cm³/mol. The Hall–Kier alpha value is -1.78. The average molecular weight is 240 g/mol. The highest BCUT2D eigenvalue weighted by molar-refractivity contribution is 6.02. The van der Waals surface area contributed by atoms with Crippen molar-refractivity contribution < 1.29 is 23.5 Å². The molecule has 0 aliphatic heterocycles. The van der Waals surface area contributed by atoms with Crippen LogP contribution < -0.4 is 0 Å². The molecule has 0 spiro atoms. The lowest BCUT2D eigenvalue weighted by atomic mass is 10.2. The number of furan rings is 1. The van der Waals surface area contributed by atoms with Gasteiger partial charge in [0.1, 0.15) is 23.7 Å². The molecule has 0 atom stereocenters. The van der Waals surface area contributed by atoms with Crippen molar-refractivity contribution in [2.24, 2.45) is 0 Å². The summed E-state index contributed by atoms with van der Waals surface area (Å²) in [4.78, 5) is 23.3. The first-order valence-electron chi connectivity index (χ1n) is 5.40. The van der Waals surface area contributed by atoms with Crippen molar-refractivity contribution in [2.45, 2.75) is 39.9 Å². The molecule has 0 unspecified atom stereocenters. The molecule has 17 heavy (non-hydrogen) atoms. The van der Waals surface area contributed by atoms with Crippen LogP contribution in [0.25, 0.3) is 0 Å². The molecule has 0 aliphatic carbocycles. The third-order valence-electron chi connectivity index (χ3n) is 1.79. The molecule has 1 aromatic rings. The Morgan fingerprint density at radius 3 is 1.59 bits per heavy atom. The third kappa shape index (κ3) is 3.62. The fourth-order valence-electron chi connectivity index (χ4n) is 1.17. The van der Waals surface area contributed by atoms with E-state index in [1.54, 1.807) is 27.7 Å². The first kappa shape index (κ1) is 13.3. The van der Waals surface area contributed by atoms with Crippen LogP contribution in [-0.2, 0) is 9.47 Å². The number of ether oxygens (including phenoxy) is 2. The van der Waals surface area contributed by atoms with Gasteiger partial charge < -0.3 is 13.9 Å². The lowest BCUT2D eigenvalue weighted by Crippen LogP contribution is -2.17. The maximum atomic E-state index is 11.6. The van der Waals surface area contributed by atoms with Gasteiger partial charge in [-0.15, -0.1) is 0 Å². The number of carbonyl (C=O) groups excluding carboxylic acids is 2. The van der Waals surface area contributed by atoms with E-state index in [2.05, 4.69) is 0 Å². The van der Waals surface area contributed by atoms with Gasteiger partial charge in [0, 0.05) is 0 Å². The molecule has 0 radical (unpaired) electrons. The average Bonchev–Trinajstić information content (AvgIpc) is 2.63. The Kier molecular flexibility index (Phi) is 4.31. The molecule has 94 valence electrons. The SMILES string of the molecule is CC(C)OC(=O)c1cocc1C(=O)OC(C)C. The highest BCUT2D eigenvalue weighted by Crippen LogP contribution is 2.15. The van der Waals surface area contributed by atoms with Crippen LogP contribution in [-0.4, -0.2) is 24.1 Å². The minimum absolute atomic E-state index is 0.0874. The van der Waals surface area contributed by atoms with Gasteiger partial charge in [-0.05, 0) is 27.7 Å². The molecule has 0 N–H and O–H groups in total. The highest BCUT2D eigenvalue weighted by atomic mass is 16.5. The molecule has 0 aliphatic rings. The summed E-state index contributed by atoms with van der Waals surface area (Å²) in [5, 5.41) is 0. The topological polar surface area (TPSA) is 65.7 Å². The molecule has 5 nitrogen and oxygen atoms in total. The Morgan fingerprint density at radius 2 is 1.29 bits per heavy atom. The van der Waals surface area contributed by atoms with E-state index in [4.69, 9.17) is 13.9 Å². The lowest BCUT2D eigenvalue weighted by molar-refractivity contribution is 0.0329. The van der Waals surface area contributed by atoms with Crippen LogP contribution in [0.3, 0.4) is 0 Å². The van der Waals surface area contributed by atoms with Crippen molar-refractivity contribution in [1.29, 1.82) is 0 Å². The predicted octanol–water partition coefficient (Wildman–Crippen LogP) is 2.41. The molecule has 0 fully saturated rings. The number of rotatable bonds is 4. The standard InChI is InChI=1S/C12H16O5/c1-7(2)16-11(13)9-5-15-6-10(9)12(14)17-8(3)4/h5-8H,1-4H3. The Morgan fingerprint density at radius 1 is 0.941 bits per heavy atom. The highest BCUT2D eigenvalue weighted by Gasteiger charge is 2.23. The zero-order chi connectivity index (χ0) is 13.0. The molecule has 0 bridgehead atoms. The molecule has 1 rings (SSSR count). The van der Waals surface area contributed by atoms with Gasteiger partial charge in [0.15, 0.2) is 0 Å². The Labute approximate surface area is 99.7 Å². The van der Waals surface area contributed by atoms with Crippen molar-refractivity contribution in [2.75, 3.05) is 0 Å². The molecule has 1 aromatic heterocycles. The zero-order valence-electron chi connectivity index (χ0n) is 10.4. The molecular formula is C12H16O5. The molecule has 0 saturated heterocycles. The molecule has 1 heterocycles. The summed E-state index contributed by atoms with van der Waals surface area (Å²) in [6, 6.07) is 0. The van der Waals surface area contributed by atoms with E-state index in [0.29, 0.717) is 0 Å². The van der Waals surface area contributed by atoms with Crippen LogP contribution in [0.2, 0.25) is 0 Å². The minimum Gasteiger partial charge on any atom is -0.471 e. The van der Waals surface area contributed by atoms with Crippen molar-refractivity contribution in [3.8, 4) is 0 Å². The summed E-state index contributed by atoms with van der Waals surface area (Å²) in [6.45, 7) is 6.91. The summed E-state index contributed by atoms with van der Waals surface area (Å²) in [7, 11) is 0. The van der Waals surface area contributed by atoms with Crippen molar-refractivity contribution in [3.05, 3.63) is 23.7 Å². The first-order chi connectivity index (χ1) is 7.91. The van der Waals surface area contributed by atoms with Crippen molar-refractivity contribution in [3.63, 3.8) is 0 Å². The van der Waals surface area contributed by atoms with E-state index in [0.717, 1.165) is 0 Å². The fourth-order valence-corrected chi connectivity index (χ4v) is 1.17. The van der Waals surface area contributed by atoms with E-state index < -0.39 is 11.9 Å². The second kappa shape index (κ2) is 5.52. The first-order valence-corrected chi connectivity index (χ1v) is 5.40. The summed E-state index contributed by atoms with van der Waals surface area (Å²) >= 11 is 0. The number of carbonyl (C=O) groups is 2. The summed E-state index contributed by atoms with van der Waals surface area (Å²) in [5.41, 5.74) is 0.175.